The minimum absolute atomic E-state index is 0.0731. The normalized spacial score (nSPS) is 11.3. The van der Waals surface area contributed by atoms with Gasteiger partial charge in [-0.05, 0) is 75.6 Å². The van der Waals surface area contributed by atoms with E-state index in [9.17, 15) is 9.90 Å². The Hall–Kier alpha value is -1.77. The van der Waals surface area contributed by atoms with Gasteiger partial charge in [0.1, 0.15) is 5.75 Å². The predicted molar refractivity (Wildman–Crippen MR) is 130 cm³/mol. The molecule has 0 atom stereocenters. The van der Waals surface area contributed by atoms with Crippen LogP contribution in [-0.2, 0) is 4.79 Å². The van der Waals surface area contributed by atoms with Crippen molar-refractivity contribution >= 4 is 11.6 Å². The van der Waals surface area contributed by atoms with Crippen LogP contribution >= 0.6 is 0 Å². The molecule has 0 aliphatic carbocycles. The van der Waals surface area contributed by atoms with Crippen LogP contribution in [-0.4, -0.2) is 11.0 Å². The van der Waals surface area contributed by atoms with E-state index in [0.717, 1.165) is 35.2 Å². The lowest BCUT2D eigenvalue weighted by Crippen LogP contribution is -2.13. The number of aryl methyl sites for hydroxylation is 1. The Kier molecular flexibility index (Phi) is 14.0. The first kappa shape index (κ1) is 26.3. The van der Waals surface area contributed by atoms with Crippen LogP contribution in [0.3, 0.4) is 0 Å². The Bertz CT molecular complexity index is 649. The number of phenolic OH excluding ortho intramolecular Hbond substituents is 1. The van der Waals surface area contributed by atoms with Gasteiger partial charge in [0, 0.05) is 12.1 Å². The predicted octanol–water partition coefficient (Wildman–Crippen LogP) is 8.29. The van der Waals surface area contributed by atoms with Crippen molar-refractivity contribution in [3.05, 3.63) is 34.9 Å². The number of unbranched alkanes of at least 4 members (excludes halogenated alkanes) is 11. The van der Waals surface area contributed by atoms with Gasteiger partial charge in [0.15, 0.2) is 0 Å². The Morgan fingerprint density at radius 1 is 0.833 bits per heavy atom. The van der Waals surface area contributed by atoms with Crippen molar-refractivity contribution in [3.63, 3.8) is 0 Å². The van der Waals surface area contributed by atoms with Crippen LogP contribution in [0.15, 0.2) is 18.2 Å². The number of amides is 1. The monoisotopic (exact) mass is 415 g/mol. The van der Waals surface area contributed by atoms with Crippen molar-refractivity contribution in [1.29, 1.82) is 0 Å². The van der Waals surface area contributed by atoms with E-state index >= 15 is 0 Å². The number of aromatic hydroxyl groups is 1. The molecule has 1 aromatic carbocycles. The quantitative estimate of drug-likeness (QED) is 0.162. The number of phenols is 1. The molecule has 0 bridgehead atoms. The highest BCUT2D eigenvalue weighted by Crippen LogP contribution is 2.30. The molecule has 1 aromatic rings. The molecule has 0 heterocycles. The van der Waals surface area contributed by atoms with Crippen molar-refractivity contribution in [1.82, 2.24) is 0 Å². The number of hydrogen-bond donors (Lipinski definition) is 2. The molecule has 3 nitrogen and oxygen atoms in total. The molecule has 3 heteroatoms. The summed E-state index contributed by atoms with van der Waals surface area (Å²) in [6.07, 6.45) is 21.7. The standard InChI is InChI=1S/C27H45NO2/c1-5-6-7-8-9-10-11-12-13-14-15-16-17-18-19-20-26(30)28-27-22(2)21-25(29)23(3)24(27)4/h12-13,21,29H,5-11,14-20H2,1-4H3,(H,28,30). The molecule has 30 heavy (non-hydrogen) atoms. The van der Waals surface area contributed by atoms with Gasteiger partial charge in [-0.3, -0.25) is 4.79 Å². The minimum Gasteiger partial charge on any atom is -0.508 e. The highest BCUT2D eigenvalue weighted by molar-refractivity contribution is 5.92. The summed E-state index contributed by atoms with van der Waals surface area (Å²) in [5.41, 5.74) is 3.54. The zero-order chi connectivity index (χ0) is 22.2. The first-order valence-corrected chi connectivity index (χ1v) is 12.2. The highest BCUT2D eigenvalue weighted by Gasteiger charge is 2.12. The van der Waals surface area contributed by atoms with Crippen molar-refractivity contribution in [2.45, 2.75) is 118 Å². The van der Waals surface area contributed by atoms with E-state index < -0.39 is 0 Å². The molecule has 1 rings (SSSR count). The first-order valence-electron chi connectivity index (χ1n) is 12.2. The van der Waals surface area contributed by atoms with Gasteiger partial charge in [-0.1, -0.05) is 70.4 Å². The van der Waals surface area contributed by atoms with E-state index in [2.05, 4.69) is 24.4 Å². The van der Waals surface area contributed by atoms with E-state index in [1.165, 1.54) is 70.6 Å². The van der Waals surface area contributed by atoms with Crippen molar-refractivity contribution in [2.24, 2.45) is 0 Å². The highest BCUT2D eigenvalue weighted by atomic mass is 16.3. The fourth-order valence-electron chi connectivity index (χ4n) is 3.81. The van der Waals surface area contributed by atoms with E-state index in [-0.39, 0.29) is 5.91 Å². The number of anilines is 1. The van der Waals surface area contributed by atoms with Crippen LogP contribution in [0, 0.1) is 20.8 Å². The van der Waals surface area contributed by atoms with Crippen LogP contribution in [0.4, 0.5) is 5.69 Å². The van der Waals surface area contributed by atoms with Gasteiger partial charge in [-0.25, -0.2) is 0 Å². The lowest BCUT2D eigenvalue weighted by molar-refractivity contribution is -0.116. The zero-order valence-electron chi connectivity index (χ0n) is 20.0. The van der Waals surface area contributed by atoms with Gasteiger partial charge in [0.05, 0.1) is 0 Å². The van der Waals surface area contributed by atoms with E-state index in [0.29, 0.717) is 12.2 Å². The summed E-state index contributed by atoms with van der Waals surface area (Å²) in [5.74, 6) is 0.365. The Labute approximate surface area is 185 Å². The molecular weight excluding hydrogens is 370 g/mol. The molecule has 170 valence electrons. The third-order valence-corrected chi connectivity index (χ3v) is 6.00. The molecule has 0 aromatic heterocycles. The largest absolute Gasteiger partial charge is 0.508 e. The van der Waals surface area contributed by atoms with Crippen LogP contribution in [0.1, 0.15) is 114 Å². The van der Waals surface area contributed by atoms with E-state index in [1.807, 2.05) is 20.8 Å². The average Bonchev–Trinajstić information content (AvgIpc) is 2.72. The zero-order valence-corrected chi connectivity index (χ0v) is 20.0. The second kappa shape index (κ2) is 16.0. The van der Waals surface area contributed by atoms with Crippen molar-refractivity contribution in [3.8, 4) is 5.75 Å². The van der Waals surface area contributed by atoms with Gasteiger partial charge >= 0.3 is 0 Å². The van der Waals surface area contributed by atoms with Crippen LogP contribution in [0.25, 0.3) is 0 Å². The summed E-state index contributed by atoms with van der Waals surface area (Å²) in [7, 11) is 0. The van der Waals surface area contributed by atoms with Crippen LogP contribution < -0.4 is 5.32 Å². The number of allylic oxidation sites excluding steroid dienone is 2. The van der Waals surface area contributed by atoms with Gasteiger partial charge < -0.3 is 10.4 Å². The van der Waals surface area contributed by atoms with Gasteiger partial charge in [0.2, 0.25) is 5.91 Å². The summed E-state index contributed by atoms with van der Waals surface area (Å²) < 4.78 is 0. The fourth-order valence-corrected chi connectivity index (χ4v) is 3.81. The van der Waals surface area contributed by atoms with Crippen LogP contribution in [0.5, 0.6) is 5.75 Å². The SMILES string of the molecule is CCCCCCCCC=CCCCCCCCC(=O)Nc1c(C)cc(O)c(C)c1C. The number of rotatable bonds is 16. The molecule has 0 aliphatic heterocycles. The maximum atomic E-state index is 12.3. The molecule has 2 N–H and O–H groups in total. The Morgan fingerprint density at radius 2 is 1.37 bits per heavy atom. The fraction of sp³-hybridized carbons (Fsp3) is 0.667. The summed E-state index contributed by atoms with van der Waals surface area (Å²) in [4.78, 5) is 12.3. The molecule has 0 saturated heterocycles. The molecule has 0 unspecified atom stereocenters. The maximum absolute atomic E-state index is 12.3. The molecule has 1 amide bonds. The maximum Gasteiger partial charge on any atom is 0.224 e. The summed E-state index contributed by atoms with van der Waals surface area (Å²) >= 11 is 0. The third kappa shape index (κ3) is 10.8. The molecule has 0 saturated carbocycles. The Balaban J connectivity index is 2.04. The molecular formula is C27H45NO2. The minimum atomic E-state index is 0.0731. The second-order valence-corrected chi connectivity index (χ2v) is 8.72. The smallest absolute Gasteiger partial charge is 0.224 e. The molecule has 0 spiro atoms. The second-order valence-electron chi connectivity index (χ2n) is 8.72. The summed E-state index contributed by atoms with van der Waals surface area (Å²) in [6.45, 7) is 8.01. The Morgan fingerprint density at radius 3 is 1.97 bits per heavy atom. The lowest BCUT2D eigenvalue weighted by Gasteiger charge is -2.15. The lowest BCUT2D eigenvalue weighted by atomic mass is 10.0. The molecule has 0 radical (unpaired) electrons. The van der Waals surface area contributed by atoms with Gasteiger partial charge in [0.25, 0.3) is 0 Å². The number of nitrogens with one attached hydrogen (secondary N) is 1. The summed E-state index contributed by atoms with van der Waals surface area (Å²) in [6, 6.07) is 1.72. The van der Waals surface area contributed by atoms with Crippen molar-refractivity contribution in [2.75, 3.05) is 5.32 Å². The average molecular weight is 416 g/mol. The topological polar surface area (TPSA) is 49.3 Å². The first-order chi connectivity index (χ1) is 14.5. The van der Waals surface area contributed by atoms with Gasteiger partial charge in [-0.2, -0.15) is 0 Å². The third-order valence-electron chi connectivity index (χ3n) is 6.00. The van der Waals surface area contributed by atoms with Gasteiger partial charge in [-0.15, -0.1) is 0 Å². The van der Waals surface area contributed by atoms with Crippen molar-refractivity contribution < 1.29 is 9.90 Å². The van der Waals surface area contributed by atoms with E-state index in [1.54, 1.807) is 6.07 Å². The van der Waals surface area contributed by atoms with Crippen LogP contribution in [0.2, 0.25) is 0 Å². The number of carbonyl (C=O) groups is 1. The number of hydrogen-bond acceptors (Lipinski definition) is 2. The van der Waals surface area contributed by atoms with E-state index in [4.69, 9.17) is 0 Å². The number of benzene rings is 1. The summed E-state index contributed by atoms with van der Waals surface area (Å²) in [5, 5.41) is 12.9. The number of carbonyl (C=O) groups excluding carboxylic acids is 1. The molecule has 0 aliphatic rings. The molecule has 0 fully saturated rings.